The highest BCUT2D eigenvalue weighted by molar-refractivity contribution is 7.99. The van der Waals surface area contributed by atoms with Gasteiger partial charge in [0.2, 0.25) is 11.8 Å². The molecule has 0 spiro atoms. The first-order chi connectivity index (χ1) is 17.3. The summed E-state index contributed by atoms with van der Waals surface area (Å²) < 4.78 is 11.9. The van der Waals surface area contributed by atoms with Gasteiger partial charge in [-0.2, -0.15) is 0 Å². The third-order valence-corrected chi connectivity index (χ3v) is 6.17. The van der Waals surface area contributed by atoms with Gasteiger partial charge in [0.05, 0.1) is 37.5 Å². The van der Waals surface area contributed by atoms with Crippen molar-refractivity contribution in [3.63, 3.8) is 0 Å². The molecule has 0 saturated heterocycles. The predicted molar refractivity (Wildman–Crippen MR) is 136 cm³/mol. The molecule has 1 heterocycles. The molecule has 36 heavy (non-hydrogen) atoms. The lowest BCUT2D eigenvalue weighted by Gasteiger charge is -2.14. The number of anilines is 1. The van der Waals surface area contributed by atoms with Crippen molar-refractivity contribution in [2.24, 2.45) is 7.05 Å². The van der Waals surface area contributed by atoms with Gasteiger partial charge >= 0.3 is 5.97 Å². The summed E-state index contributed by atoms with van der Waals surface area (Å²) in [7, 11) is 3.38. The van der Waals surface area contributed by atoms with Crippen LogP contribution in [0.5, 0.6) is 5.75 Å². The van der Waals surface area contributed by atoms with Crippen LogP contribution in [0.2, 0.25) is 0 Å². The number of esters is 1. The Balaban J connectivity index is 1.52. The Morgan fingerprint density at radius 2 is 1.83 bits per heavy atom. The molecule has 190 valence electrons. The standard InChI is InChI=1S/C25H29N5O5S/c1-5-35-24(33)18-7-6-8-19(14-18)27-22(32)15-36-25-29-28-23(30(25)3)16(2)26-21(31)13-17-9-11-20(34-4)12-10-17/h6-12,14,16H,5,13,15H2,1-4H3,(H,26,31)(H,27,32). The van der Waals surface area contributed by atoms with Gasteiger partial charge in [-0.1, -0.05) is 30.0 Å². The van der Waals surface area contributed by atoms with Crippen LogP contribution in [0.4, 0.5) is 5.69 Å². The number of nitrogens with zero attached hydrogens (tertiary/aromatic N) is 3. The molecule has 2 aromatic carbocycles. The van der Waals surface area contributed by atoms with E-state index in [4.69, 9.17) is 9.47 Å². The molecule has 0 aliphatic heterocycles. The van der Waals surface area contributed by atoms with Crippen LogP contribution in [0.1, 0.15) is 41.6 Å². The van der Waals surface area contributed by atoms with E-state index in [1.54, 1.807) is 49.9 Å². The average Bonchev–Trinajstić information content (AvgIpc) is 3.23. The quantitative estimate of drug-likeness (QED) is 0.297. The maximum atomic E-state index is 12.5. The number of nitrogens with one attached hydrogen (secondary N) is 2. The van der Waals surface area contributed by atoms with Gasteiger partial charge in [0.25, 0.3) is 0 Å². The van der Waals surface area contributed by atoms with E-state index >= 15 is 0 Å². The molecule has 0 fully saturated rings. The Bertz CT molecular complexity index is 1210. The van der Waals surface area contributed by atoms with Gasteiger partial charge in [0.1, 0.15) is 5.75 Å². The maximum Gasteiger partial charge on any atom is 0.338 e. The predicted octanol–water partition coefficient (Wildman–Crippen LogP) is 3.15. The van der Waals surface area contributed by atoms with Gasteiger partial charge in [-0.05, 0) is 49.7 Å². The van der Waals surface area contributed by atoms with Crippen molar-refractivity contribution in [3.05, 3.63) is 65.5 Å². The number of thioether (sulfide) groups is 1. The summed E-state index contributed by atoms with van der Waals surface area (Å²) in [5.74, 6) is 0.549. The Labute approximate surface area is 213 Å². The minimum absolute atomic E-state index is 0.0911. The molecule has 2 amide bonds. The Hall–Kier alpha value is -3.86. The minimum Gasteiger partial charge on any atom is -0.497 e. The van der Waals surface area contributed by atoms with Crippen molar-refractivity contribution >= 4 is 35.2 Å². The number of methoxy groups -OCH3 is 1. The van der Waals surface area contributed by atoms with Crippen LogP contribution >= 0.6 is 11.8 Å². The Morgan fingerprint density at radius 1 is 1.08 bits per heavy atom. The van der Waals surface area contributed by atoms with E-state index in [0.29, 0.717) is 22.2 Å². The molecule has 1 aromatic heterocycles. The van der Waals surface area contributed by atoms with Gasteiger partial charge in [-0.3, -0.25) is 9.59 Å². The lowest BCUT2D eigenvalue weighted by Crippen LogP contribution is -2.29. The van der Waals surface area contributed by atoms with Gasteiger partial charge in [0, 0.05) is 12.7 Å². The second-order valence-corrected chi connectivity index (χ2v) is 8.79. The number of hydrogen-bond donors (Lipinski definition) is 2. The summed E-state index contributed by atoms with van der Waals surface area (Å²) >= 11 is 1.22. The molecule has 0 aliphatic rings. The molecule has 0 bridgehead atoms. The van der Waals surface area contributed by atoms with E-state index in [2.05, 4.69) is 20.8 Å². The van der Waals surface area contributed by atoms with Crippen molar-refractivity contribution in [2.45, 2.75) is 31.5 Å². The SMILES string of the molecule is CCOC(=O)c1cccc(NC(=O)CSc2nnc(C(C)NC(=O)Cc3ccc(OC)cc3)n2C)c1. The first-order valence-electron chi connectivity index (χ1n) is 11.3. The molecular formula is C25H29N5O5S. The number of aromatic nitrogens is 3. The summed E-state index contributed by atoms with van der Waals surface area (Å²) in [6, 6.07) is 13.5. The highest BCUT2D eigenvalue weighted by atomic mass is 32.2. The average molecular weight is 512 g/mol. The number of carbonyl (C=O) groups excluding carboxylic acids is 3. The fourth-order valence-corrected chi connectivity index (χ4v) is 4.10. The number of hydrogen-bond acceptors (Lipinski definition) is 8. The molecular weight excluding hydrogens is 482 g/mol. The third kappa shape index (κ3) is 7.32. The normalized spacial score (nSPS) is 11.4. The highest BCUT2D eigenvalue weighted by Gasteiger charge is 2.19. The van der Waals surface area contributed by atoms with Crippen molar-refractivity contribution in [3.8, 4) is 5.75 Å². The first kappa shape index (κ1) is 26.7. The zero-order valence-electron chi connectivity index (χ0n) is 20.6. The van der Waals surface area contributed by atoms with Crippen LogP contribution < -0.4 is 15.4 Å². The summed E-state index contributed by atoms with van der Waals surface area (Å²) in [4.78, 5) is 36.8. The monoisotopic (exact) mass is 511 g/mol. The summed E-state index contributed by atoms with van der Waals surface area (Å²) in [6.45, 7) is 3.83. The fourth-order valence-electron chi connectivity index (χ4n) is 3.38. The van der Waals surface area contributed by atoms with E-state index < -0.39 is 5.97 Å². The van der Waals surface area contributed by atoms with Crippen molar-refractivity contribution in [1.82, 2.24) is 20.1 Å². The molecule has 3 rings (SSSR count). The lowest BCUT2D eigenvalue weighted by molar-refractivity contribution is -0.121. The maximum absolute atomic E-state index is 12.5. The van der Waals surface area contributed by atoms with Crippen molar-refractivity contribution < 1.29 is 23.9 Å². The number of carbonyl (C=O) groups is 3. The number of rotatable bonds is 11. The van der Waals surface area contributed by atoms with Crippen molar-refractivity contribution in [1.29, 1.82) is 0 Å². The molecule has 0 saturated carbocycles. The Morgan fingerprint density at radius 3 is 2.53 bits per heavy atom. The zero-order chi connectivity index (χ0) is 26.1. The second-order valence-electron chi connectivity index (χ2n) is 7.85. The fraction of sp³-hybridized carbons (Fsp3) is 0.320. The van der Waals surface area contributed by atoms with Crippen LogP contribution in [0.15, 0.2) is 53.7 Å². The summed E-state index contributed by atoms with van der Waals surface area (Å²) in [5, 5.41) is 14.6. The molecule has 2 N–H and O–H groups in total. The van der Waals surface area contributed by atoms with Crippen LogP contribution in [-0.2, 0) is 27.8 Å². The zero-order valence-corrected chi connectivity index (χ0v) is 21.4. The van der Waals surface area contributed by atoms with Crippen molar-refractivity contribution in [2.75, 3.05) is 24.8 Å². The molecule has 11 heteroatoms. The Kier molecular flexibility index (Phi) is 9.46. The smallest absolute Gasteiger partial charge is 0.338 e. The number of amides is 2. The second kappa shape index (κ2) is 12.7. The van der Waals surface area contributed by atoms with Crippen LogP contribution in [0.3, 0.4) is 0 Å². The van der Waals surface area contributed by atoms with Gasteiger partial charge < -0.3 is 24.7 Å². The van der Waals surface area contributed by atoms with E-state index in [1.807, 2.05) is 31.2 Å². The lowest BCUT2D eigenvalue weighted by atomic mass is 10.1. The van der Waals surface area contributed by atoms with Gasteiger partial charge in [0.15, 0.2) is 11.0 Å². The summed E-state index contributed by atoms with van der Waals surface area (Å²) in [6.07, 6.45) is 0.228. The number of ether oxygens (including phenoxy) is 2. The molecule has 0 radical (unpaired) electrons. The van der Waals surface area contributed by atoms with Crippen LogP contribution in [-0.4, -0.2) is 52.0 Å². The molecule has 10 nitrogen and oxygen atoms in total. The molecule has 1 atom stereocenters. The summed E-state index contributed by atoms with van der Waals surface area (Å²) in [5.41, 5.74) is 1.73. The van der Waals surface area contributed by atoms with Crippen LogP contribution in [0, 0.1) is 0 Å². The third-order valence-electron chi connectivity index (χ3n) is 5.15. The molecule has 0 aliphatic carbocycles. The van der Waals surface area contributed by atoms with E-state index in [9.17, 15) is 14.4 Å². The highest BCUT2D eigenvalue weighted by Crippen LogP contribution is 2.20. The largest absolute Gasteiger partial charge is 0.497 e. The first-order valence-corrected chi connectivity index (χ1v) is 12.3. The van der Waals surface area contributed by atoms with E-state index in [1.165, 1.54) is 11.8 Å². The molecule has 3 aromatic rings. The van der Waals surface area contributed by atoms with E-state index in [-0.39, 0.29) is 36.6 Å². The topological polar surface area (TPSA) is 124 Å². The number of benzene rings is 2. The van der Waals surface area contributed by atoms with Gasteiger partial charge in [-0.15, -0.1) is 10.2 Å². The van der Waals surface area contributed by atoms with Gasteiger partial charge in [-0.25, -0.2) is 4.79 Å². The minimum atomic E-state index is -0.445. The van der Waals surface area contributed by atoms with E-state index in [0.717, 1.165) is 11.3 Å². The molecule has 1 unspecified atom stereocenters. The van der Waals surface area contributed by atoms with Crippen LogP contribution in [0.25, 0.3) is 0 Å².